The maximum Gasteiger partial charge on any atom is -0.0388 e. The van der Waals surface area contributed by atoms with Crippen molar-refractivity contribution in [1.82, 2.24) is 0 Å². The molecule has 64 valence electrons. The molecule has 0 aromatic rings. The third-order valence-corrected chi connectivity index (χ3v) is 3.68. The Morgan fingerprint density at radius 2 is 1.82 bits per heavy atom. The van der Waals surface area contributed by atoms with Crippen LogP contribution >= 0.6 is 0 Å². The van der Waals surface area contributed by atoms with Crippen LogP contribution in [0.25, 0.3) is 0 Å². The van der Waals surface area contributed by atoms with Crippen molar-refractivity contribution in [2.75, 3.05) is 0 Å². The fraction of sp³-hybridized carbons (Fsp3) is 1.00. The van der Waals surface area contributed by atoms with E-state index in [2.05, 4.69) is 6.92 Å². The van der Waals surface area contributed by atoms with Gasteiger partial charge in [0, 0.05) is 0 Å². The van der Waals surface area contributed by atoms with Crippen molar-refractivity contribution >= 4 is 0 Å². The normalized spacial score (nSPS) is 37.9. The van der Waals surface area contributed by atoms with Crippen LogP contribution in [0.1, 0.15) is 51.9 Å². The third kappa shape index (κ3) is 1.98. The smallest absolute Gasteiger partial charge is 0.0388 e. The van der Waals surface area contributed by atoms with Crippen LogP contribution < -0.4 is 0 Å². The van der Waals surface area contributed by atoms with Crippen LogP contribution in [0.15, 0.2) is 0 Å². The molecule has 0 spiro atoms. The lowest BCUT2D eigenvalue weighted by Gasteiger charge is -2.13. The van der Waals surface area contributed by atoms with Gasteiger partial charge in [0.05, 0.1) is 0 Å². The first-order chi connectivity index (χ1) is 5.36. The lowest BCUT2D eigenvalue weighted by Crippen LogP contribution is -2.03. The Balaban J connectivity index is 1.67. The summed E-state index contributed by atoms with van der Waals surface area (Å²) < 4.78 is 0. The van der Waals surface area contributed by atoms with E-state index in [1.165, 1.54) is 19.3 Å². The minimum atomic E-state index is 1.05. The van der Waals surface area contributed by atoms with Crippen LogP contribution in [-0.4, -0.2) is 0 Å². The van der Waals surface area contributed by atoms with E-state index >= 15 is 0 Å². The van der Waals surface area contributed by atoms with Crippen molar-refractivity contribution in [2.45, 2.75) is 51.9 Å². The Labute approximate surface area is 70.4 Å². The Bertz CT molecular complexity index is 124. The predicted molar refractivity (Wildman–Crippen MR) is 48.5 cm³/mol. The lowest BCUT2D eigenvalue weighted by atomic mass is 9.92. The van der Waals surface area contributed by atoms with Gasteiger partial charge in [0.15, 0.2) is 0 Å². The highest BCUT2D eigenvalue weighted by molar-refractivity contribution is 4.79. The molecule has 0 saturated heterocycles. The standard InChI is InChI=1S/C11H20/c1-9-3-2-4-11(9)8-7-10-5-6-10/h9-11H,2-8H2,1H3. The molecule has 2 rings (SSSR count). The van der Waals surface area contributed by atoms with E-state index in [1.807, 2.05) is 0 Å². The first kappa shape index (κ1) is 7.64. The molecule has 0 bridgehead atoms. The molecule has 0 aromatic carbocycles. The summed E-state index contributed by atoms with van der Waals surface area (Å²) in [6.45, 7) is 2.45. The second kappa shape index (κ2) is 3.16. The van der Waals surface area contributed by atoms with E-state index in [-0.39, 0.29) is 0 Å². The highest BCUT2D eigenvalue weighted by Gasteiger charge is 2.27. The molecule has 2 unspecified atom stereocenters. The molecule has 0 aliphatic heterocycles. The van der Waals surface area contributed by atoms with Gasteiger partial charge in [0.1, 0.15) is 0 Å². The Hall–Kier alpha value is 0. The lowest BCUT2D eigenvalue weighted by molar-refractivity contribution is 0.373. The molecule has 0 amide bonds. The summed E-state index contributed by atoms with van der Waals surface area (Å²) in [7, 11) is 0. The minimum absolute atomic E-state index is 1.05. The Morgan fingerprint density at radius 1 is 1.00 bits per heavy atom. The molecule has 2 atom stereocenters. The first-order valence-electron chi connectivity index (χ1n) is 5.36. The molecule has 2 fully saturated rings. The van der Waals surface area contributed by atoms with Crippen molar-refractivity contribution < 1.29 is 0 Å². The third-order valence-electron chi connectivity index (χ3n) is 3.68. The van der Waals surface area contributed by atoms with Gasteiger partial charge >= 0.3 is 0 Å². The van der Waals surface area contributed by atoms with Crippen LogP contribution in [0.3, 0.4) is 0 Å². The largest absolute Gasteiger partial charge is 0.0622 e. The predicted octanol–water partition coefficient (Wildman–Crippen LogP) is 3.61. The van der Waals surface area contributed by atoms with Crippen molar-refractivity contribution in [3.05, 3.63) is 0 Å². The molecule has 11 heavy (non-hydrogen) atoms. The summed E-state index contributed by atoms with van der Waals surface area (Å²) in [6, 6.07) is 0. The number of hydrogen-bond donors (Lipinski definition) is 0. The van der Waals surface area contributed by atoms with Gasteiger partial charge in [-0.2, -0.15) is 0 Å². The van der Waals surface area contributed by atoms with Gasteiger partial charge in [0.25, 0.3) is 0 Å². The van der Waals surface area contributed by atoms with E-state index in [1.54, 1.807) is 25.7 Å². The van der Waals surface area contributed by atoms with Crippen LogP contribution in [0.4, 0.5) is 0 Å². The highest BCUT2D eigenvalue weighted by Crippen LogP contribution is 2.40. The van der Waals surface area contributed by atoms with Crippen LogP contribution in [0.2, 0.25) is 0 Å². The summed E-state index contributed by atoms with van der Waals surface area (Å²) in [6.07, 6.45) is 10.7. The van der Waals surface area contributed by atoms with Crippen molar-refractivity contribution in [2.24, 2.45) is 17.8 Å². The fourth-order valence-electron chi connectivity index (χ4n) is 2.51. The van der Waals surface area contributed by atoms with Crippen molar-refractivity contribution in [3.8, 4) is 0 Å². The van der Waals surface area contributed by atoms with Gasteiger partial charge in [-0.05, 0) is 24.2 Å². The first-order valence-corrected chi connectivity index (χ1v) is 5.36. The zero-order valence-electron chi connectivity index (χ0n) is 7.68. The summed E-state index contributed by atoms with van der Waals surface area (Å²) >= 11 is 0. The molecule has 2 aliphatic carbocycles. The van der Waals surface area contributed by atoms with Crippen LogP contribution in [0, 0.1) is 17.8 Å². The maximum atomic E-state index is 2.45. The quantitative estimate of drug-likeness (QED) is 0.579. The van der Waals surface area contributed by atoms with Gasteiger partial charge in [-0.3, -0.25) is 0 Å². The second-order valence-electron chi connectivity index (χ2n) is 4.69. The monoisotopic (exact) mass is 152 g/mol. The molecule has 0 nitrogen and oxygen atoms in total. The SMILES string of the molecule is CC1CCCC1CCC1CC1. The highest BCUT2D eigenvalue weighted by atomic mass is 14.3. The average Bonchev–Trinajstić information content (AvgIpc) is 2.73. The molecular weight excluding hydrogens is 132 g/mol. The van der Waals surface area contributed by atoms with Crippen molar-refractivity contribution in [3.63, 3.8) is 0 Å². The number of hydrogen-bond acceptors (Lipinski definition) is 0. The zero-order chi connectivity index (χ0) is 7.68. The number of rotatable bonds is 3. The molecule has 0 radical (unpaired) electrons. The molecular formula is C11H20. The summed E-state index contributed by atoms with van der Waals surface area (Å²) in [5.41, 5.74) is 0. The molecule has 2 saturated carbocycles. The van der Waals surface area contributed by atoms with Gasteiger partial charge in [0.2, 0.25) is 0 Å². The van der Waals surface area contributed by atoms with E-state index in [0.29, 0.717) is 0 Å². The van der Waals surface area contributed by atoms with E-state index in [0.717, 1.165) is 17.8 Å². The van der Waals surface area contributed by atoms with Gasteiger partial charge in [-0.25, -0.2) is 0 Å². The fourth-order valence-corrected chi connectivity index (χ4v) is 2.51. The van der Waals surface area contributed by atoms with E-state index in [9.17, 15) is 0 Å². The molecule has 2 aliphatic rings. The maximum absolute atomic E-state index is 2.45. The van der Waals surface area contributed by atoms with Gasteiger partial charge < -0.3 is 0 Å². The summed E-state index contributed by atoms with van der Waals surface area (Å²) in [4.78, 5) is 0. The summed E-state index contributed by atoms with van der Waals surface area (Å²) in [5, 5.41) is 0. The van der Waals surface area contributed by atoms with Crippen LogP contribution in [-0.2, 0) is 0 Å². The van der Waals surface area contributed by atoms with E-state index in [4.69, 9.17) is 0 Å². The molecule has 0 aromatic heterocycles. The van der Waals surface area contributed by atoms with Gasteiger partial charge in [-0.1, -0.05) is 45.4 Å². The van der Waals surface area contributed by atoms with Gasteiger partial charge in [-0.15, -0.1) is 0 Å². The molecule has 0 heterocycles. The van der Waals surface area contributed by atoms with Crippen molar-refractivity contribution in [1.29, 1.82) is 0 Å². The zero-order valence-corrected chi connectivity index (χ0v) is 7.68. The minimum Gasteiger partial charge on any atom is -0.0622 e. The van der Waals surface area contributed by atoms with Crippen LogP contribution in [0.5, 0.6) is 0 Å². The molecule has 0 N–H and O–H groups in total. The topological polar surface area (TPSA) is 0 Å². The second-order valence-corrected chi connectivity index (χ2v) is 4.69. The Kier molecular flexibility index (Phi) is 2.20. The Morgan fingerprint density at radius 3 is 2.36 bits per heavy atom. The molecule has 0 heteroatoms. The summed E-state index contributed by atoms with van der Waals surface area (Å²) in [5.74, 6) is 3.31. The average molecular weight is 152 g/mol. The van der Waals surface area contributed by atoms with E-state index < -0.39 is 0 Å².